The zero-order chi connectivity index (χ0) is 14.8. The van der Waals surface area contributed by atoms with Crippen molar-refractivity contribution in [2.24, 2.45) is 0 Å². The smallest absolute Gasteiger partial charge is 0.327 e. The summed E-state index contributed by atoms with van der Waals surface area (Å²) in [5.74, 6) is -0.508. The summed E-state index contributed by atoms with van der Waals surface area (Å²) >= 11 is 5.10. The molecule has 0 saturated heterocycles. The van der Waals surface area contributed by atoms with Crippen molar-refractivity contribution in [1.82, 2.24) is 9.78 Å². The number of anilines is 1. The van der Waals surface area contributed by atoms with Crippen molar-refractivity contribution in [2.45, 2.75) is 24.1 Å². The Morgan fingerprint density at radius 2 is 2.35 bits per heavy atom. The van der Waals surface area contributed by atoms with Gasteiger partial charge in [-0.25, -0.2) is 4.68 Å². The van der Waals surface area contributed by atoms with Crippen LogP contribution >= 0.6 is 27.7 Å². The summed E-state index contributed by atoms with van der Waals surface area (Å²) in [5.41, 5.74) is 0.297. The third-order valence-corrected chi connectivity index (χ3v) is 5.52. The molecule has 1 N–H and O–H groups in total. The summed E-state index contributed by atoms with van der Waals surface area (Å²) in [4.78, 5) is 23.2. The predicted molar refractivity (Wildman–Crippen MR) is 82.2 cm³/mol. The molecule has 0 spiro atoms. The highest BCUT2D eigenvalue weighted by molar-refractivity contribution is 9.10. The van der Waals surface area contributed by atoms with Crippen LogP contribution in [0.15, 0.2) is 15.5 Å². The highest BCUT2D eigenvalue weighted by atomic mass is 79.9. The Balaban J connectivity index is 2.10. The number of esters is 1. The molecular weight excluding hydrogens is 346 g/mol. The van der Waals surface area contributed by atoms with Gasteiger partial charge in [0.25, 0.3) is 5.56 Å². The van der Waals surface area contributed by atoms with E-state index < -0.39 is 5.97 Å². The molecule has 0 unspecified atom stereocenters. The second-order valence-corrected chi connectivity index (χ2v) is 6.72. The van der Waals surface area contributed by atoms with Crippen molar-refractivity contribution in [2.75, 3.05) is 25.2 Å². The number of nitrogens with zero attached hydrogens (tertiary/aromatic N) is 2. The molecule has 1 aromatic heterocycles. The number of carbonyl (C=O) groups is 1. The van der Waals surface area contributed by atoms with Crippen LogP contribution in [0.25, 0.3) is 0 Å². The van der Waals surface area contributed by atoms with Crippen LogP contribution < -0.4 is 10.9 Å². The van der Waals surface area contributed by atoms with E-state index in [4.69, 9.17) is 0 Å². The average molecular weight is 362 g/mol. The van der Waals surface area contributed by atoms with E-state index >= 15 is 0 Å². The van der Waals surface area contributed by atoms with Gasteiger partial charge in [0.15, 0.2) is 0 Å². The predicted octanol–water partition coefficient (Wildman–Crippen LogP) is 1.49. The Morgan fingerprint density at radius 1 is 1.65 bits per heavy atom. The van der Waals surface area contributed by atoms with Crippen LogP contribution in [0.5, 0.6) is 0 Å². The molecule has 20 heavy (non-hydrogen) atoms. The second-order valence-electron chi connectivity index (χ2n) is 4.65. The van der Waals surface area contributed by atoms with E-state index in [2.05, 4.69) is 37.3 Å². The molecule has 0 aliphatic heterocycles. The number of aromatic nitrogens is 2. The van der Waals surface area contributed by atoms with Crippen molar-refractivity contribution >= 4 is 39.3 Å². The lowest BCUT2D eigenvalue weighted by Gasteiger charge is -2.15. The van der Waals surface area contributed by atoms with E-state index in [0.717, 1.165) is 11.2 Å². The van der Waals surface area contributed by atoms with Crippen molar-refractivity contribution in [3.05, 3.63) is 21.0 Å². The summed E-state index contributed by atoms with van der Waals surface area (Å²) < 4.78 is 6.27. The van der Waals surface area contributed by atoms with Gasteiger partial charge in [0.1, 0.15) is 11.0 Å². The highest BCUT2D eigenvalue weighted by Gasteiger charge is 2.41. The third kappa shape index (κ3) is 3.35. The van der Waals surface area contributed by atoms with Crippen LogP contribution in [-0.2, 0) is 16.1 Å². The molecule has 1 saturated carbocycles. The molecule has 1 aliphatic rings. The number of nitrogens with one attached hydrogen (secondary N) is 1. The number of halogens is 1. The fourth-order valence-corrected chi connectivity index (χ4v) is 2.91. The summed E-state index contributed by atoms with van der Waals surface area (Å²) in [5, 5.41) is 7.22. The van der Waals surface area contributed by atoms with Crippen LogP contribution in [-0.4, -0.2) is 40.4 Å². The van der Waals surface area contributed by atoms with E-state index in [9.17, 15) is 9.59 Å². The number of hydrogen-bond acceptors (Lipinski definition) is 6. The van der Waals surface area contributed by atoms with Gasteiger partial charge in [0, 0.05) is 11.3 Å². The van der Waals surface area contributed by atoms with Crippen molar-refractivity contribution in [3.63, 3.8) is 0 Å². The first kappa shape index (κ1) is 15.4. The van der Waals surface area contributed by atoms with Crippen LogP contribution in [0.1, 0.15) is 12.8 Å². The van der Waals surface area contributed by atoms with E-state index in [1.807, 2.05) is 11.8 Å². The summed E-state index contributed by atoms with van der Waals surface area (Å²) in [7, 11) is 1.27. The molecule has 2 rings (SSSR count). The first-order valence-corrected chi connectivity index (χ1v) is 8.14. The SMILES string of the molecule is COC(=O)Cn1ncc(NCC2(SC)CC2)c(Br)c1=O. The number of thioether (sulfide) groups is 1. The Morgan fingerprint density at radius 3 is 2.90 bits per heavy atom. The second kappa shape index (κ2) is 6.17. The van der Waals surface area contributed by atoms with Crippen LogP contribution in [0.4, 0.5) is 5.69 Å². The zero-order valence-electron chi connectivity index (χ0n) is 11.3. The van der Waals surface area contributed by atoms with Crippen molar-refractivity contribution in [3.8, 4) is 0 Å². The monoisotopic (exact) mass is 361 g/mol. The van der Waals surface area contributed by atoms with Gasteiger partial charge in [-0.1, -0.05) is 0 Å². The molecule has 1 fully saturated rings. The standard InChI is InChI=1S/C12H16BrN3O3S/c1-19-9(17)6-16-11(18)10(13)8(5-15-16)14-7-12(20-2)3-4-12/h5,14H,3-4,6-7H2,1-2H3. The minimum absolute atomic E-state index is 0.192. The van der Waals surface area contributed by atoms with Gasteiger partial charge >= 0.3 is 5.97 Å². The molecular formula is C12H16BrN3O3S. The Labute approximate surface area is 129 Å². The number of methoxy groups -OCH3 is 1. The fourth-order valence-electron chi connectivity index (χ4n) is 1.74. The van der Waals surface area contributed by atoms with Gasteiger partial charge in [0.05, 0.1) is 19.0 Å². The van der Waals surface area contributed by atoms with E-state index in [0.29, 0.717) is 14.9 Å². The van der Waals surface area contributed by atoms with E-state index in [-0.39, 0.29) is 12.1 Å². The normalized spacial score (nSPS) is 15.8. The van der Waals surface area contributed by atoms with Gasteiger partial charge in [-0.3, -0.25) is 9.59 Å². The zero-order valence-corrected chi connectivity index (χ0v) is 13.7. The van der Waals surface area contributed by atoms with Crippen LogP contribution in [0.2, 0.25) is 0 Å². The number of rotatable bonds is 6. The molecule has 0 aromatic carbocycles. The number of carbonyl (C=O) groups excluding carboxylic acids is 1. The summed E-state index contributed by atoms with van der Waals surface area (Å²) in [6.45, 7) is 0.609. The molecule has 8 heteroatoms. The maximum atomic E-state index is 12.1. The Kier molecular flexibility index (Phi) is 4.74. The lowest BCUT2D eigenvalue weighted by molar-refractivity contribution is -0.141. The quantitative estimate of drug-likeness (QED) is 0.773. The topological polar surface area (TPSA) is 73.2 Å². The molecule has 0 bridgehead atoms. The highest BCUT2D eigenvalue weighted by Crippen LogP contribution is 2.47. The first-order valence-electron chi connectivity index (χ1n) is 6.13. The summed E-state index contributed by atoms with van der Waals surface area (Å²) in [6.07, 6.45) is 6.01. The number of ether oxygens (including phenoxy) is 1. The third-order valence-electron chi connectivity index (χ3n) is 3.33. The van der Waals surface area contributed by atoms with Crippen LogP contribution in [0.3, 0.4) is 0 Å². The lowest BCUT2D eigenvalue weighted by atomic mass is 10.3. The molecule has 1 heterocycles. The minimum Gasteiger partial charge on any atom is -0.468 e. The Hall–Kier alpha value is -1.02. The van der Waals surface area contributed by atoms with E-state index in [1.165, 1.54) is 20.0 Å². The largest absolute Gasteiger partial charge is 0.468 e. The molecule has 6 nitrogen and oxygen atoms in total. The lowest BCUT2D eigenvalue weighted by Crippen LogP contribution is -2.29. The van der Waals surface area contributed by atoms with Gasteiger partial charge in [-0.2, -0.15) is 16.9 Å². The fraction of sp³-hybridized carbons (Fsp3) is 0.583. The van der Waals surface area contributed by atoms with Gasteiger partial charge < -0.3 is 10.1 Å². The average Bonchev–Trinajstić information content (AvgIpc) is 3.23. The maximum Gasteiger partial charge on any atom is 0.327 e. The first-order chi connectivity index (χ1) is 9.51. The Bertz CT molecular complexity index is 572. The van der Waals surface area contributed by atoms with Crippen LogP contribution in [0, 0.1) is 0 Å². The molecule has 110 valence electrons. The van der Waals surface area contributed by atoms with Crippen molar-refractivity contribution in [1.29, 1.82) is 0 Å². The number of hydrogen-bond donors (Lipinski definition) is 1. The molecule has 1 aliphatic carbocycles. The van der Waals surface area contributed by atoms with Crippen molar-refractivity contribution < 1.29 is 9.53 Å². The maximum absolute atomic E-state index is 12.1. The molecule has 0 atom stereocenters. The van der Waals surface area contributed by atoms with E-state index in [1.54, 1.807) is 6.20 Å². The molecule has 0 amide bonds. The molecule has 0 radical (unpaired) electrons. The minimum atomic E-state index is -0.508. The van der Waals surface area contributed by atoms with Gasteiger partial charge in [0.2, 0.25) is 0 Å². The van der Waals surface area contributed by atoms with Gasteiger partial charge in [-0.05, 0) is 35.0 Å². The van der Waals surface area contributed by atoms with Gasteiger partial charge in [-0.15, -0.1) is 0 Å². The molecule has 1 aromatic rings. The summed E-state index contributed by atoms with van der Waals surface area (Å²) in [6, 6.07) is 0.